The Labute approximate surface area is 210 Å². The Morgan fingerprint density at radius 1 is 1.08 bits per heavy atom. The first kappa shape index (κ1) is 23.9. The van der Waals surface area contributed by atoms with E-state index in [9.17, 15) is 4.79 Å². The highest BCUT2D eigenvalue weighted by Crippen LogP contribution is 2.29. The number of hydrogen-bond donors (Lipinski definition) is 1. The van der Waals surface area contributed by atoms with Crippen LogP contribution in [0.5, 0.6) is 11.5 Å². The molecular weight excluding hydrogens is 458 g/mol. The van der Waals surface area contributed by atoms with E-state index in [0.717, 1.165) is 57.5 Å². The summed E-state index contributed by atoms with van der Waals surface area (Å²) in [7, 11) is 3.21. The Hall–Kier alpha value is -3.84. The number of carbonyl (C=O) groups excluding carboxylic acids is 1. The predicted octanol–water partition coefficient (Wildman–Crippen LogP) is 2.08. The molecule has 5 rings (SSSR count). The van der Waals surface area contributed by atoms with E-state index in [4.69, 9.17) is 20.3 Å². The molecule has 36 heavy (non-hydrogen) atoms. The Morgan fingerprint density at radius 2 is 1.83 bits per heavy atom. The van der Waals surface area contributed by atoms with Crippen LogP contribution in [0.4, 0.5) is 5.82 Å². The lowest BCUT2D eigenvalue weighted by atomic mass is 10.2. The van der Waals surface area contributed by atoms with Gasteiger partial charge in [-0.2, -0.15) is 5.10 Å². The molecule has 1 atom stereocenters. The number of fused-ring (bicyclic) bond motifs is 1. The number of nitrogens with two attached hydrogens (primary N) is 1. The van der Waals surface area contributed by atoms with Gasteiger partial charge in [-0.1, -0.05) is 5.92 Å². The monoisotopic (exact) mass is 489 g/mol. The SMILES string of the molecule is COc1cc(C#Cc2nn([C@H]3CCN(CCC(=O)N4CCCC4)C3)c3ncnc(N)c23)cc(OC)c1. The fraction of sp³-hybridized carbons (Fsp3) is 0.462. The molecule has 2 saturated heterocycles. The van der Waals surface area contributed by atoms with Crippen molar-refractivity contribution in [2.24, 2.45) is 0 Å². The van der Waals surface area contributed by atoms with Crippen LogP contribution in [0.15, 0.2) is 24.5 Å². The molecule has 1 aromatic carbocycles. The number of nitrogens with zero attached hydrogens (tertiary/aromatic N) is 6. The van der Waals surface area contributed by atoms with Gasteiger partial charge >= 0.3 is 0 Å². The smallest absolute Gasteiger partial charge is 0.223 e. The number of carbonyl (C=O) groups is 1. The molecule has 2 fully saturated rings. The summed E-state index contributed by atoms with van der Waals surface area (Å²) in [6, 6.07) is 5.60. The minimum Gasteiger partial charge on any atom is -0.497 e. The third kappa shape index (κ3) is 4.93. The van der Waals surface area contributed by atoms with Gasteiger partial charge in [-0.3, -0.25) is 4.79 Å². The zero-order chi connectivity index (χ0) is 25.1. The van der Waals surface area contributed by atoms with E-state index in [1.165, 1.54) is 6.33 Å². The van der Waals surface area contributed by atoms with Crippen LogP contribution in [0.1, 0.15) is 43.0 Å². The molecule has 0 saturated carbocycles. The average Bonchev–Trinajstić information content (AvgIpc) is 3.66. The Bertz CT molecular complexity index is 1300. The highest BCUT2D eigenvalue weighted by atomic mass is 16.5. The summed E-state index contributed by atoms with van der Waals surface area (Å²) in [6.07, 6.45) is 5.17. The number of anilines is 1. The summed E-state index contributed by atoms with van der Waals surface area (Å²) in [5.41, 5.74) is 8.18. The first-order chi connectivity index (χ1) is 17.6. The Morgan fingerprint density at radius 3 is 2.56 bits per heavy atom. The van der Waals surface area contributed by atoms with Gasteiger partial charge < -0.3 is 25.0 Å². The highest BCUT2D eigenvalue weighted by Gasteiger charge is 2.28. The van der Waals surface area contributed by atoms with Crippen LogP contribution in [-0.2, 0) is 4.79 Å². The van der Waals surface area contributed by atoms with E-state index >= 15 is 0 Å². The van der Waals surface area contributed by atoms with Gasteiger partial charge in [0.1, 0.15) is 29.3 Å². The van der Waals surface area contributed by atoms with Crippen molar-refractivity contribution in [2.75, 3.05) is 52.7 Å². The molecule has 2 aromatic heterocycles. The average molecular weight is 490 g/mol. The highest BCUT2D eigenvalue weighted by molar-refractivity contribution is 5.90. The molecule has 2 aliphatic heterocycles. The van der Waals surface area contributed by atoms with Crippen molar-refractivity contribution in [2.45, 2.75) is 31.7 Å². The molecule has 3 aromatic rings. The zero-order valence-corrected chi connectivity index (χ0v) is 20.7. The van der Waals surface area contributed by atoms with E-state index in [2.05, 4.69) is 26.7 Å². The van der Waals surface area contributed by atoms with Gasteiger partial charge in [0.2, 0.25) is 5.91 Å². The fourth-order valence-electron chi connectivity index (χ4n) is 4.94. The van der Waals surface area contributed by atoms with Gasteiger partial charge in [0, 0.05) is 50.8 Å². The van der Waals surface area contributed by atoms with Crippen LogP contribution >= 0.6 is 0 Å². The second-order valence-corrected chi connectivity index (χ2v) is 9.18. The van der Waals surface area contributed by atoms with Gasteiger partial charge in [-0.25, -0.2) is 14.6 Å². The molecule has 0 aliphatic carbocycles. The second-order valence-electron chi connectivity index (χ2n) is 9.18. The minimum absolute atomic E-state index is 0.121. The maximum absolute atomic E-state index is 12.5. The number of likely N-dealkylation sites (tertiary alicyclic amines) is 2. The van der Waals surface area contributed by atoms with Crippen LogP contribution in [0, 0.1) is 11.8 Å². The first-order valence-electron chi connectivity index (χ1n) is 12.3. The summed E-state index contributed by atoms with van der Waals surface area (Å²) >= 11 is 0. The van der Waals surface area contributed by atoms with Gasteiger partial charge in [-0.15, -0.1) is 0 Å². The first-order valence-corrected chi connectivity index (χ1v) is 12.3. The second kappa shape index (κ2) is 10.4. The van der Waals surface area contributed by atoms with E-state index in [-0.39, 0.29) is 11.9 Å². The van der Waals surface area contributed by atoms with Gasteiger partial charge in [-0.05, 0) is 37.3 Å². The van der Waals surface area contributed by atoms with Crippen molar-refractivity contribution in [3.8, 4) is 23.3 Å². The minimum atomic E-state index is 0.121. The van der Waals surface area contributed by atoms with Gasteiger partial charge in [0.25, 0.3) is 0 Å². The third-order valence-corrected chi connectivity index (χ3v) is 6.89. The lowest BCUT2D eigenvalue weighted by Crippen LogP contribution is -2.32. The molecule has 4 heterocycles. The number of aromatic nitrogens is 4. The summed E-state index contributed by atoms with van der Waals surface area (Å²) in [6.45, 7) is 4.26. The van der Waals surface area contributed by atoms with E-state index in [1.807, 2.05) is 21.7 Å². The molecule has 0 spiro atoms. The molecule has 10 nitrogen and oxygen atoms in total. The largest absolute Gasteiger partial charge is 0.497 e. The Balaban J connectivity index is 1.36. The third-order valence-electron chi connectivity index (χ3n) is 6.89. The molecule has 2 aliphatic rings. The number of amides is 1. The lowest BCUT2D eigenvalue weighted by Gasteiger charge is -2.19. The van der Waals surface area contributed by atoms with Crippen LogP contribution in [0.3, 0.4) is 0 Å². The molecular formula is C26H31N7O3. The number of benzene rings is 1. The standard InChI is InChI=1S/C26H31N7O3/c1-35-20-13-18(14-21(15-20)36-2)5-6-22-24-25(27)28-17-29-26(24)33(30-22)19-7-11-31(16-19)12-8-23(34)32-9-3-4-10-32/h13-15,17,19H,3-4,7-12,16H2,1-2H3,(H2,27,28,29)/t19-/m0/s1. The fourth-order valence-corrected chi connectivity index (χ4v) is 4.94. The molecule has 2 N–H and O–H groups in total. The number of hydrogen-bond acceptors (Lipinski definition) is 8. The Kier molecular flexibility index (Phi) is 6.91. The number of rotatable bonds is 6. The van der Waals surface area contributed by atoms with Crippen molar-refractivity contribution in [1.82, 2.24) is 29.5 Å². The molecule has 0 radical (unpaired) electrons. The molecule has 10 heteroatoms. The maximum atomic E-state index is 12.5. The number of ether oxygens (including phenoxy) is 2. The summed E-state index contributed by atoms with van der Waals surface area (Å²) < 4.78 is 12.6. The molecule has 1 amide bonds. The topological polar surface area (TPSA) is 112 Å². The predicted molar refractivity (Wildman–Crippen MR) is 136 cm³/mol. The lowest BCUT2D eigenvalue weighted by molar-refractivity contribution is -0.130. The van der Waals surface area contributed by atoms with Crippen molar-refractivity contribution < 1.29 is 14.3 Å². The molecule has 188 valence electrons. The summed E-state index contributed by atoms with van der Waals surface area (Å²) in [5, 5.41) is 5.48. The summed E-state index contributed by atoms with van der Waals surface area (Å²) in [4.78, 5) is 25.4. The van der Waals surface area contributed by atoms with Crippen molar-refractivity contribution in [1.29, 1.82) is 0 Å². The number of nitrogen functional groups attached to an aromatic ring is 1. The van der Waals surface area contributed by atoms with Crippen molar-refractivity contribution >= 4 is 22.8 Å². The van der Waals surface area contributed by atoms with Gasteiger partial charge in [0.05, 0.1) is 25.6 Å². The quantitative estimate of drug-likeness (QED) is 0.524. The van der Waals surface area contributed by atoms with Crippen LogP contribution in [0.25, 0.3) is 11.0 Å². The van der Waals surface area contributed by atoms with E-state index in [1.54, 1.807) is 20.3 Å². The van der Waals surface area contributed by atoms with Crippen molar-refractivity contribution in [3.05, 3.63) is 35.8 Å². The van der Waals surface area contributed by atoms with Gasteiger partial charge in [0.15, 0.2) is 5.65 Å². The normalized spacial score (nSPS) is 17.8. The van der Waals surface area contributed by atoms with Crippen molar-refractivity contribution in [3.63, 3.8) is 0 Å². The van der Waals surface area contributed by atoms with E-state index < -0.39 is 0 Å². The molecule has 0 unspecified atom stereocenters. The zero-order valence-electron chi connectivity index (χ0n) is 20.7. The van der Waals surface area contributed by atoms with E-state index in [0.29, 0.717) is 40.5 Å². The summed E-state index contributed by atoms with van der Waals surface area (Å²) in [5.74, 6) is 8.24. The van der Waals surface area contributed by atoms with Crippen LogP contribution in [0.2, 0.25) is 0 Å². The van der Waals surface area contributed by atoms with Crippen LogP contribution in [-0.4, -0.2) is 82.4 Å². The molecule has 0 bridgehead atoms. The number of methoxy groups -OCH3 is 2. The van der Waals surface area contributed by atoms with Crippen LogP contribution < -0.4 is 15.2 Å². The maximum Gasteiger partial charge on any atom is 0.223 e.